The first kappa shape index (κ1) is 23.3. The molecule has 36 heavy (non-hydrogen) atoms. The fraction of sp³-hybridized carbons (Fsp3) is 0.357. The van der Waals surface area contributed by atoms with Gasteiger partial charge in [-0.25, -0.2) is 0 Å². The molecule has 3 heterocycles. The summed E-state index contributed by atoms with van der Waals surface area (Å²) in [6.07, 6.45) is -0.291. The summed E-state index contributed by atoms with van der Waals surface area (Å²) in [6, 6.07) is 17.1. The average Bonchev–Trinajstić information content (AvgIpc) is 3.38. The van der Waals surface area contributed by atoms with Crippen LogP contribution in [0.4, 0.5) is 21.2 Å². The first-order valence-electron chi connectivity index (χ1n) is 12.4. The van der Waals surface area contributed by atoms with Crippen LogP contribution < -0.4 is 9.80 Å². The molecule has 3 aliphatic heterocycles. The number of fused-ring (bicyclic) bond motifs is 2. The molecule has 3 aromatic rings. The Labute approximate surface area is 210 Å². The van der Waals surface area contributed by atoms with Crippen LogP contribution in [0, 0.1) is 5.92 Å². The van der Waals surface area contributed by atoms with E-state index in [1.165, 1.54) is 0 Å². The summed E-state index contributed by atoms with van der Waals surface area (Å²) < 4.78 is 22.1. The van der Waals surface area contributed by atoms with Crippen LogP contribution in [0.5, 0.6) is 0 Å². The second-order valence-corrected chi connectivity index (χ2v) is 14.5. The van der Waals surface area contributed by atoms with Crippen molar-refractivity contribution < 1.29 is 23.5 Å². The number of benzene rings is 3. The summed E-state index contributed by atoms with van der Waals surface area (Å²) in [7, 11) is -1.55. The van der Waals surface area contributed by atoms with Crippen LogP contribution in [0.25, 0.3) is 10.8 Å². The number of hydrogen-bond acceptors (Lipinski definition) is 4. The Morgan fingerprint density at radius 2 is 1.81 bits per heavy atom. The topological polar surface area (TPSA) is 70.1 Å². The molecule has 2 amide bonds. The van der Waals surface area contributed by atoms with Gasteiger partial charge in [0, 0.05) is 41.8 Å². The van der Waals surface area contributed by atoms with Crippen LogP contribution in [0.15, 0.2) is 54.6 Å². The van der Waals surface area contributed by atoms with E-state index in [1.54, 1.807) is 29.9 Å². The van der Waals surface area contributed by atoms with E-state index in [0.29, 0.717) is 22.5 Å². The molecule has 1 fully saturated rings. The fourth-order valence-electron chi connectivity index (χ4n) is 6.85. The Morgan fingerprint density at radius 1 is 1.08 bits per heavy atom. The smallest absolute Gasteiger partial charge is 0.264 e. The average molecular weight is 505 g/mol. The van der Waals surface area contributed by atoms with Gasteiger partial charge in [-0.05, 0) is 55.2 Å². The third kappa shape index (κ3) is 2.89. The summed E-state index contributed by atoms with van der Waals surface area (Å²) in [5.41, 5.74) is 1.61. The number of aliphatic hydroxyl groups is 1. The molecule has 0 bridgehead atoms. The molecule has 0 saturated carbocycles. The maximum Gasteiger partial charge on any atom is 0.264 e. The van der Waals surface area contributed by atoms with E-state index in [9.17, 15) is 14.7 Å². The number of amides is 2. The fourth-order valence-corrected chi connectivity index (χ4v) is 9.39. The molecule has 8 heteroatoms. The Bertz CT molecular complexity index is 1430. The number of aliphatic hydroxyl groups excluding tert-OH is 1. The van der Waals surface area contributed by atoms with E-state index in [1.807, 2.05) is 61.5 Å². The third-order valence-electron chi connectivity index (χ3n) is 8.30. The number of rotatable bonds is 4. The maximum atomic E-state index is 15.6. The standard InChI is InChI=1S/C28H29FN2O4Si/c1-16-25(36(3,4)29)23(13-14-32)35-28(16)20-15-18(11-12-21(20)30(2)27(28)34)31-22-10-6-8-17-7-5-9-19(24(17)22)26(31)33/h5-12,15-16,23,25,32H,13-14H2,1-4H3/t16-,23+,25-,28+/m1/s1. The SMILES string of the molecule is C[C@@H]1[C@@H]([Si](C)(C)F)[C@H](CCO)O[C@@]12C(=O)N(C)c1ccc(N3C(=O)c4cccc5cccc3c45)cc12. The van der Waals surface area contributed by atoms with Crippen LogP contribution in [0.3, 0.4) is 0 Å². The van der Waals surface area contributed by atoms with E-state index in [2.05, 4.69) is 0 Å². The van der Waals surface area contributed by atoms with E-state index < -0.39 is 31.6 Å². The summed E-state index contributed by atoms with van der Waals surface area (Å²) in [4.78, 5) is 30.6. The molecule has 0 aromatic heterocycles. The molecule has 0 radical (unpaired) electrons. The molecule has 1 N–H and O–H groups in total. The molecule has 1 saturated heterocycles. The minimum atomic E-state index is -3.25. The molecular formula is C28H29FN2O4Si. The molecule has 186 valence electrons. The summed E-state index contributed by atoms with van der Waals surface area (Å²) in [5, 5.41) is 11.6. The zero-order chi connectivity index (χ0) is 25.6. The number of hydrogen-bond donors (Lipinski definition) is 1. The first-order valence-corrected chi connectivity index (χ1v) is 15.3. The van der Waals surface area contributed by atoms with Gasteiger partial charge in [-0.2, -0.15) is 0 Å². The monoisotopic (exact) mass is 504 g/mol. The second kappa shape index (κ2) is 7.71. The Kier molecular flexibility index (Phi) is 5.00. The van der Waals surface area contributed by atoms with Crippen LogP contribution in [-0.4, -0.2) is 45.1 Å². The molecular weight excluding hydrogens is 475 g/mol. The lowest BCUT2D eigenvalue weighted by atomic mass is 9.82. The Balaban J connectivity index is 1.52. The van der Waals surface area contributed by atoms with E-state index in [0.717, 1.165) is 16.5 Å². The van der Waals surface area contributed by atoms with Crippen molar-refractivity contribution in [1.29, 1.82) is 0 Å². The van der Waals surface area contributed by atoms with Crippen molar-refractivity contribution in [2.24, 2.45) is 5.92 Å². The molecule has 1 spiro atoms. The quantitative estimate of drug-likeness (QED) is 0.388. The predicted octanol–water partition coefficient (Wildman–Crippen LogP) is 5.27. The number of halogens is 1. The predicted molar refractivity (Wildman–Crippen MR) is 140 cm³/mol. The maximum absolute atomic E-state index is 15.6. The van der Waals surface area contributed by atoms with E-state index in [-0.39, 0.29) is 24.8 Å². The molecule has 0 aliphatic carbocycles. The summed E-state index contributed by atoms with van der Waals surface area (Å²) >= 11 is 0. The number of carbonyl (C=O) groups excluding carboxylic acids is 2. The van der Waals surface area contributed by atoms with E-state index in [4.69, 9.17) is 4.74 Å². The minimum Gasteiger partial charge on any atom is -0.396 e. The van der Waals surface area contributed by atoms with Gasteiger partial charge >= 0.3 is 0 Å². The van der Waals surface area contributed by atoms with Crippen molar-refractivity contribution in [3.63, 3.8) is 0 Å². The number of ether oxygens (including phenoxy) is 1. The zero-order valence-electron chi connectivity index (χ0n) is 20.8. The summed E-state index contributed by atoms with van der Waals surface area (Å²) in [5.74, 6) is -0.784. The van der Waals surface area contributed by atoms with Crippen LogP contribution >= 0.6 is 0 Å². The zero-order valence-corrected chi connectivity index (χ0v) is 21.8. The van der Waals surface area contributed by atoms with Crippen LogP contribution in [0.2, 0.25) is 18.6 Å². The van der Waals surface area contributed by atoms with Gasteiger partial charge in [-0.1, -0.05) is 31.2 Å². The van der Waals surface area contributed by atoms with E-state index >= 15 is 4.11 Å². The second-order valence-electron chi connectivity index (χ2n) is 10.7. The molecule has 4 atom stereocenters. The van der Waals surface area contributed by atoms with Crippen molar-refractivity contribution in [1.82, 2.24) is 0 Å². The van der Waals surface area contributed by atoms with Gasteiger partial charge in [0.15, 0.2) is 5.60 Å². The first-order chi connectivity index (χ1) is 17.1. The molecule has 6 nitrogen and oxygen atoms in total. The van der Waals surface area contributed by atoms with Gasteiger partial charge < -0.3 is 18.9 Å². The molecule has 3 aromatic carbocycles. The van der Waals surface area contributed by atoms with Gasteiger partial charge in [0.05, 0.1) is 23.0 Å². The molecule has 0 unspecified atom stereocenters. The Hall–Kier alpha value is -3.07. The lowest BCUT2D eigenvalue weighted by Crippen LogP contribution is -2.44. The number of anilines is 3. The lowest BCUT2D eigenvalue weighted by molar-refractivity contribution is -0.145. The number of nitrogens with zero attached hydrogens (tertiary/aromatic N) is 2. The van der Waals surface area contributed by atoms with Crippen molar-refractivity contribution in [2.45, 2.75) is 43.7 Å². The van der Waals surface area contributed by atoms with Gasteiger partial charge in [-0.3, -0.25) is 14.5 Å². The highest BCUT2D eigenvalue weighted by Gasteiger charge is 2.66. The minimum absolute atomic E-state index is 0.123. The molecule has 3 aliphatic rings. The Morgan fingerprint density at radius 3 is 2.50 bits per heavy atom. The number of carbonyl (C=O) groups is 2. The van der Waals surface area contributed by atoms with Crippen molar-refractivity contribution in [2.75, 3.05) is 23.5 Å². The van der Waals surface area contributed by atoms with Crippen molar-refractivity contribution in [3.8, 4) is 0 Å². The highest BCUT2D eigenvalue weighted by atomic mass is 28.4. The molecule has 6 rings (SSSR count). The normalized spacial score (nSPS) is 27.1. The van der Waals surface area contributed by atoms with Gasteiger partial charge in [0.1, 0.15) is 0 Å². The van der Waals surface area contributed by atoms with Crippen molar-refractivity contribution in [3.05, 3.63) is 65.7 Å². The highest BCUT2D eigenvalue weighted by Crippen LogP contribution is 2.60. The number of likely N-dealkylation sites (N-methyl/N-ethyl adjacent to an activating group) is 1. The van der Waals surface area contributed by atoms with Crippen LogP contribution in [-0.2, 0) is 15.1 Å². The lowest BCUT2D eigenvalue weighted by Gasteiger charge is -2.31. The van der Waals surface area contributed by atoms with Crippen LogP contribution in [0.1, 0.15) is 29.3 Å². The van der Waals surface area contributed by atoms with Crippen molar-refractivity contribution >= 4 is 48.1 Å². The summed E-state index contributed by atoms with van der Waals surface area (Å²) in [6.45, 7) is 5.03. The highest BCUT2D eigenvalue weighted by molar-refractivity contribution is 6.72. The van der Waals surface area contributed by atoms with Gasteiger partial charge in [0.25, 0.3) is 11.8 Å². The van der Waals surface area contributed by atoms with Gasteiger partial charge in [-0.15, -0.1) is 0 Å². The van der Waals surface area contributed by atoms with Gasteiger partial charge in [0.2, 0.25) is 8.41 Å². The largest absolute Gasteiger partial charge is 0.396 e. The third-order valence-corrected chi connectivity index (χ3v) is 10.8.